The lowest BCUT2D eigenvalue weighted by Crippen LogP contribution is -2.40. The second-order valence-electron chi connectivity index (χ2n) is 6.38. The topological polar surface area (TPSA) is 176 Å². The van der Waals surface area contributed by atoms with Gasteiger partial charge in [-0.25, -0.2) is 0 Å². The number of ether oxygens (including phenoxy) is 3. The van der Waals surface area contributed by atoms with Crippen LogP contribution in [-0.4, -0.2) is 50.8 Å². The highest BCUT2D eigenvalue weighted by Crippen LogP contribution is 2.22. The summed E-state index contributed by atoms with van der Waals surface area (Å²) in [6, 6.07) is 0. The summed E-state index contributed by atoms with van der Waals surface area (Å²) in [6.07, 6.45) is 4.86. The number of azide groups is 2. The zero-order valence-corrected chi connectivity index (χ0v) is 16.4. The Bertz CT molecular complexity index is 684. The molecule has 0 saturated carbocycles. The molecule has 0 aliphatic rings. The van der Waals surface area contributed by atoms with E-state index < -0.39 is 29.2 Å². The molecule has 0 aliphatic carbocycles. The Balaban J connectivity index is 4.94. The largest absolute Gasteiger partial charge is 0.465 e. The summed E-state index contributed by atoms with van der Waals surface area (Å²) in [7, 11) is 0. The first-order valence-electron chi connectivity index (χ1n) is 8.73. The van der Waals surface area contributed by atoms with E-state index in [-0.39, 0.29) is 52.2 Å². The van der Waals surface area contributed by atoms with Crippen molar-refractivity contribution in [2.45, 2.75) is 33.1 Å². The van der Waals surface area contributed by atoms with Gasteiger partial charge in [-0.05, 0) is 11.1 Å². The van der Waals surface area contributed by atoms with Gasteiger partial charge < -0.3 is 14.2 Å². The first-order valence-corrected chi connectivity index (χ1v) is 8.73. The summed E-state index contributed by atoms with van der Waals surface area (Å²) in [6.45, 7) is 2.21. The minimum Gasteiger partial charge on any atom is -0.465 e. The molecule has 0 unspecified atom stereocenters. The highest BCUT2D eigenvalue weighted by molar-refractivity contribution is 5.77. The predicted molar refractivity (Wildman–Crippen MR) is 101 cm³/mol. The molecule has 29 heavy (non-hydrogen) atoms. The molecule has 0 bridgehead atoms. The molecule has 0 fully saturated rings. The Kier molecular flexibility index (Phi) is 12.9. The van der Waals surface area contributed by atoms with Gasteiger partial charge in [-0.1, -0.05) is 24.1 Å². The smallest absolute Gasteiger partial charge is 0.308 e. The summed E-state index contributed by atoms with van der Waals surface area (Å²) in [5, 5.41) is 6.88. The second kappa shape index (κ2) is 14.6. The Labute approximate surface area is 168 Å². The van der Waals surface area contributed by atoms with Crippen LogP contribution in [0.4, 0.5) is 0 Å². The predicted octanol–water partition coefficient (Wildman–Crippen LogP) is 2.68. The summed E-state index contributed by atoms with van der Waals surface area (Å²) < 4.78 is 15.1. The van der Waals surface area contributed by atoms with Crippen LogP contribution in [0.25, 0.3) is 20.9 Å². The third-order valence-electron chi connectivity index (χ3n) is 3.51. The van der Waals surface area contributed by atoms with Gasteiger partial charge in [0, 0.05) is 34.7 Å². The maximum absolute atomic E-state index is 11.9. The lowest BCUT2D eigenvalue weighted by atomic mass is 9.90. The van der Waals surface area contributed by atoms with Gasteiger partial charge in [0.25, 0.3) is 0 Å². The van der Waals surface area contributed by atoms with E-state index in [1.165, 1.54) is 0 Å². The van der Waals surface area contributed by atoms with Gasteiger partial charge in [-0.15, -0.1) is 12.3 Å². The maximum Gasteiger partial charge on any atom is 0.308 e. The molecular weight excluding hydrogens is 384 g/mol. The van der Waals surface area contributed by atoms with E-state index in [4.69, 9.17) is 31.7 Å². The van der Waals surface area contributed by atoms with Crippen molar-refractivity contribution in [3.05, 3.63) is 20.9 Å². The van der Waals surface area contributed by atoms with Crippen LogP contribution in [0.15, 0.2) is 10.2 Å². The van der Waals surface area contributed by atoms with Crippen molar-refractivity contribution in [2.24, 2.45) is 21.6 Å². The Morgan fingerprint density at radius 2 is 1.52 bits per heavy atom. The fraction of sp³-hybridized carbons (Fsp3) is 0.706. The van der Waals surface area contributed by atoms with E-state index in [9.17, 15) is 14.4 Å². The van der Waals surface area contributed by atoms with Crippen LogP contribution in [0.2, 0.25) is 0 Å². The third kappa shape index (κ3) is 11.8. The normalized spacial score (nSPS) is 11.8. The first kappa shape index (κ1) is 25.6. The Morgan fingerprint density at radius 3 is 2.00 bits per heavy atom. The SMILES string of the molecule is C#CCCOC(=O)CCC(=O)OCC(CN=[N+]=[N-])(CN=[N+]=[N-])COC(=O)C(C)C. The van der Waals surface area contributed by atoms with Crippen molar-refractivity contribution in [3.63, 3.8) is 0 Å². The minimum absolute atomic E-state index is 0.0625. The van der Waals surface area contributed by atoms with E-state index in [2.05, 4.69) is 26.0 Å². The van der Waals surface area contributed by atoms with Gasteiger partial charge >= 0.3 is 17.9 Å². The Hall–Kier alpha value is -3.41. The van der Waals surface area contributed by atoms with E-state index in [0.29, 0.717) is 0 Å². The van der Waals surface area contributed by atoms with Crippen LogP contribution in [0.3, 0.4) is 0 Å². The van der Waals surface area contributed by atoms with Crippen LogP contribution in [0.1, 0.15) is 33.1 Å². The number of carbonyl (C=O) groups is 3. The number of rotatable bonds is 14. The van der Waals surface area contributed by atoms with Crippen molar-refractivity contribution in [1.29, 1.82) is 0 Å². The van der Waals surface area contributed by atoms with Gasteiger partial charge in [-0.3, -0.25) is 14.4 Å². The summed E-state index contributed by atoms with van der Waals surface area (Å²) in [4.78, 5) is 40.5. The number of hydrogen-bond donors (Lipinski definition) is 0. The van der Waals surface area contributed by atoms with Crippen LogP contribution in [0.5, 0.6) is 0 Å². The van der Waals surface area contributed by atoms with E-state index in [0.717, 1.165) is 0 Å². The lowest BCUT2D eigenvalue weighted by Gasteiger charge is -2.30. The molecule has 0 spiro atoms. The maximum atomic E-state index is 11.9. The van der Waals surface area contributed by atoms with Crippen molar-refractivity contribution < 1.29 is 28.6 Å². The molecule has 158 valence electrons. The molecular formula is C17H24N6O6. The van der Waals surface area contributed by atoms with E-state index in [1.807, 2.05) is 0 Å². The van der Waals surface area contributed by atoms with Crippen LogP contribution in [0, 0.1) is 23.7 Å². The molecule has 12 heteroatoms. The average Bonchev–Trinajstić information content (AvgIpc) is 2.71. The molecule has 0 radical (unpaired) electrons. The number of terminal acetylenes is 1. The van der Waals surface area contributed by atoms with Crippen LogP contribution < -0.4 is 0 Å². The van der Waals surface area contributed by atoms with Gasteiger partial charge in [0.15, 0.2) is 0 Å². The van der Waals surface area contributed by atoms with Crippen molar-refractivity contribution in [3.8, 4) is 12.3 Å². The van der Waals surface area contributed by atoms with Crippen molar-refractivity contribution >= 4 is 17.9 Å². The zero-order valence-electron chi connectivity index (χ0n) is 16.4. The fourth-order valence-electron chi connectivity index (χ4n) is 1.83. The number of hydrogen-bond acceptors (Lipinski definition) is 8. The molecule has 0 aromatic rings. The summed E-state index contributed by atoms with van der Waals surface area (Å²) in [5.41, 5.74) is 16.0. The van der Waals surface area contributed by atoms with Gasteiger partial charge in [-0.2, -0.15) is 0 Å². The monoisotopic (exact) mass is 408 g/mol. The van der Waals surface area contributed by atoms with Gasteiger partial charge in [0.2, 0.25) is 0 Å². The standard InChI is InChI=1S/C17H24N6O6/c1-4-5-8-27-14(24)6-7-15(25)28-11-17(9-20-22-18,10-21-23-19)12-29-16(26)13(2)3/h1,13H,5-12H2,2-3H3. The molecule has 0 rings (SSSR count). The molecule has 0 saturated heterocycles. The van der Waals surface area contributed by atoms with Gasteiger partial charge in [0.05, 0.1) is 18.8 Å². The number of carbonyl (C=O) groups excluding carboxylic acids is 3. The van der Waals surface area contributed by atoms with Crippen molar-refractivity contribution in [1.82, 2.24) is 0 Å². The molecule has 0 aromatic carbocycles. The van der Waals surface area contributed by atoms with Crippen LogP contribution >= 0.6 is 0 Å². The quantitative estimate of drug-likeness (QED) is 0.0811. The Morgan fingerprint density at radius 1 is 1.00 bits per heavy atom. The summed E-state index contributed by atoms with van der Waals surface area (Å²) >= 11 is 0. The molecule has 0 atom stereocenters. The molecule has 0 heterocycles. The fourth-order valence-corrected chi connectivity index (χ4v) is 1.83. The molecule has 0 amide bonds. The third-order valence-corrected chi connectivity index (χ3v) is 3.51. The zero-order chi connectivity index (χ0) is 22.1. The average molecular weight is 408 g/mol. The molecule has 0 aliphatic heterocycles. The van der Waals surface area contributed by atoms with Crippen LogP contribution in [-0.2, 0) is 28.6 Å². The van der Waals surface area contributed by atoms with Gasteiger partial charge in [0.1, 0.15) is 19.8 Å². The first-order chi connectivity index (χ1) is 13.8. The number of esters is 3. The summed E-state index contributed by atoms with van der Waals surface area (Å²) in [5.74, 6) is 0.0661. The lowest BCUT2D eigenvalue weighted by molar-refractivity contribution is -0.157. The highest BCUT2D eigenvalue weighted by atomic mass is 16.6. The molecule has 0 aromatic heterocycles. The van der Waals surface area contributed by atoms with E-state index >= 15 is 0 Å². The highest BCUT2D eigenvalue weighted by Gasteiger charge is 2.33. The number of nitrogens with zero attached hydrogens (tertiary/aromatic N) is 6. The van der Waals surface area contributed by atoms with Crippen molar-refractivity contribution in [2.75, 3.05) is 32.9 Å². The molecule has 12 nitrogen and oxygen atoms in total. The minimum atomic E-state index is -1.23. The molecule has 0 N–H and O–H groups in total. The second-order valence-corrected chi connectivity index (χ2v) is 6.38. The van der Waals surface area contributed by atoms with E-state index in [1.54, 1.807) is 13.8 Å².